The number of anilines is 1. The van der Waals surface area contributed by atoms with Crippen LogP contribution in [0.4, 0.5) is 5.69 Å². The maximum absolute atomic E-state index is 12.2. The van der Waals surface area contributed by atoms with Gasteiger partial charge in [0.15, 0.2) is 0 Å². The van der Waals surface area contributed by atoms with Crippen LogP contribution in [-0.2, 0) is 14.1 Å². The van der Waals surface area contributed by atoms with E-state index in [1.54, 1.807) is 0 Å². The van der Waals surface area contributed by atoms with Crippen molar-refractivity contribution in [2.75, 3.05) is 31.1 Å². The average molecular weight is 356 g/mol. The van der Waals surface area contributed by atoms with Gasteiger partial charge in [0.05, 0.1) is 11.2 Å². The molecule has 0 atom stereocenters. The predicted molar refractivity (Wildman–Crippen MR) is 104 cm³/mol. The Morgan fingerprint density at radius 3 is 2.23 bits per heavy atom. The van der Waals surface area contributed by atoms with Crippen molar-refractivity contribution in [1.29, 1.82) is 0 Å². The van der Waals surface area contributed by atoms with Crippen molar-refractivity contribution in [3.8, 4) is 0 Å². The molecule has 0 aromatic heterocycles. The standard InChI is InChI=1S/C20H29BN2O3/c1-19(2)20(3,4)26-21(25-19)16-6-5-7-17(14-16)22-10-12-23(13-11-22)18(24)15-8-9-15/h5-7,14-15H,8-13H2,1-4H3. The Balaban J connectivity index is 1.43. The Kier molecular flexibility index (Phi) is 4.31. The summed E-state index contributed by atoms with van der Waals surface area (Å²) in [4.78, 5) is 16.6. The molecule has 6 heteroatoms. The summed E-state index contributed by atoms with van der Waals surface area (Å²) in [7, 11) is -0.335. The maximum Gasteiger partial charge on any atom is 0.494 e. The molecule has 26 heavy (non-hydrogen) atoms. The number of rotatable bonds is 3. The molecule has 4 rings (SSSR count). The van der Waals surface area contributed by atoms with Gasteiger partial charge >= 0.3 is 7.12 Å². The number of nitrogens with zero attached hydrogens (tertiary/aromatic N) is 2. The topological polar surface area (TPSA) is 42.0 Å². The van der Waals surface area contributed by atoms with E-state index in [9.17, 15) is 4.79 Å². The third-order valence-corrected chi connectivity index (χ3v) is 6.28. The van der Waals surface area contributed by atoms with E-state index in [0.29, 0.717) is 11.8 Å². The lowest BCUT2D eigenvalue weighted by atomic mass is 9.79. The molecule has 1 amide bonds. The van der Waals surface area contributed by atoms with E-state index in [-0.39, 0.29) is 18.3 Å². The summed E-state index contributed by atoms with van der Waals surface area (Å²) < 4.78 is 12.4. The molecule has 0 spiro atoms. The highest BCUT2D eigenvalue weighted by molar-refractivity contribution is 6.62. The minimum atomic E-state index is -0.335. The van der Waals surface area contributed by atoms with E-state index in [4.69, 9.17) is 9.31 Å². The second-order valence-electron chi connectivity index (χ2n) is 8.77. The summed E-state index contributed by atoms with van der Waals surface area (Å²) in [5, 5.41) is 0. The molecule has 2 saturated heterocycles. The average Bonchev–Trinajstić information content (AvgIpc) is 3.42. The minimum Gasteiger partial charge on any atom is -0.399 e. The van der Waals surface area contributed by atoms with Gasteiger partial charge in [-0.3, -0.25) is 4.79 Å². The fraction of sp³-hybridized carbons (Fsp3) is 0.650. The van der Waals surface area contributed by atoms with Crippen molar-refractivity contribution in [2.24, 2.45) is 5.92 Å². The van der Waals surface area contributed by atoms with Crippen LogP contribution in [0.15, 0.2) is 24.3 Å². The zero-order valence-electron chi connectivity index (χ0n) is 16.3. The quantitative estimate of drug-likeness (QED) is 0.778. The highest BCUT2D eigenvalue weighted by Crippen LogP contribution is 2.36. The summed E-state index contributed by atoms with van der Waals surface area (Å²) in [6, 6.07) is 8.43. The Morgan fingerprint density at radius 1 is 1.04 bits per heavy atom. The summed E-state index contributed by atoms with van der Waals surface area (Å²) >= 11 is 0. The lowest BCUT2D eigenvalue weighted by molar-refractivity contribution is -0.132. The molecular weight excluding hydrogens is 327 g/mol. The fourth-order valence-corrected chi connectivity index (χ4v) is 3.62. The smallest absolute Gasteiger partial charge is 0.399 e. The first-order valence-electron chi connectivity index (χ1n) is 9.76. The first-order chi connectivity index (χ1) is 12.3. The van der Waals surface area contributed by atoms with Crippen LogP contribution in [-0.4, -0.2) is 55.3 Å². The summed E-state index contributed by atoms with van der Waals surface area (Å²) in [6.07, 6.45) is 2.16. The second kappa shape index (κ2) is 6.27. The molecule has 0 radical (unpaired) electrons. The van der Waals surface area contributed by atoms with Crippen molar-refractivity contribution >= 4 is 24.2 Å². The van der Waals surface area contributed by atoms with Gasteiger partial charge in [0.2, 0.25) is 5.91 Å². The van der Waals surface area contributed by atoms with Crippen molar-refractivity contribution in [3.63, 3.8) is 0 Å². The summed E-state index contributed by atoms with van der Waals surface area (Å²) in [5.41, 5.74) is 1.57. The zero-order valence-corrected chi connectivity index (χ0v) is 16.3. The molecule has 2 aliphatic heterocycles. The SMILES string of the molecule is CC1(C)OB(c2cccc(N3CCN(C(=O)C4CC4)CC3)c2)OC1(C)C. The van der Waals surface area contributed by atoms with Gasteiger partial charge in [0, 0.05) is 37.8 Å². The fourth-order valence-electron chi connectivity index (χ4n) is 3.62. The normalized spacial score (nSPS) is 24.8. The number of carbonyl (C=O) groups is 1. The van der Waals surface area contributed by atoms with Crippen LogP contribution in [0.3, 0.4) is 0 Å². The molecule has 0 unspecified atom stereocenters. The lowest BCUT2D eigenvalue weighted by Crippen LogP contribution is -2.49. The molecule has 0 bridgehead atoms. The van der Waals surface area contributed by atoms with E-state index < -0.39 is 0 Å². The number of benzene rings is 1. The van der Waals surface area contributed by atoms with E-state index in [1.807, 2.05) is 4.90 Å². The van der Waals surface area contributed by atoms with Crippen LogP contribution < -0.4 is 10.4 Å². The third kappa shape index (κ3) is 3.25. The predicted octanol–water partition coefficient (Wildman–Crippen LogP) is 2.04. The highest BCUT2D eigenvalue weighted by Gasteiger charge is 2.51. The minimum absolute atomic E-state index is 0.313. The van der Waals surface area contributed by atoms with Gasteiger partial charge in [0.25, 0.3) is 0 Å². The van der Waals surface area contributed by atoms with E-state index in [2.05, 4.69) is 56.9 Å². The largest absolute Gasteiger partial charge is 0.494 e. The highest BCUT2D eigenvalue weighted by atomic mass is 16.7. The van der Waals surface area contributed by atoms with Crippen molar-refractivity contribution in [3.05, 3.63) is 24.3 Å². The van der Waals surface area contributed by atoms with Gasteiger partial charge in [0.1, 0.15) is 0 Å². The van der Waals surface area contributed by atoms with Crippen LogP contribution in [0.2, 0.25) is 0 Å². The van der Waals surface area contributed by atoms with Crippen LogP contribution in [0.1, 0.15) is 40.5 Å². The number of amides is 1. The van der Waals surface area contributed by atoms with Crippen LogP contribution in [0, 0.1) is 5.92 Å². The molecule has 1 aromatic carbocycles. The van der Waals surface area contributed by atoms with Gasteiger partial charge < -0.3 is 19.1 Å². The number of hydrogen-bond donors (Lipinski definition) is 0. The Labute approximate surface area is 156 Å². The Morgan fingerprint density at radius 2 is 1.65 bits per heavy atom. The van der Waals surface area contributed by atoms with Gasteiger partial charge in [-0.2, -0.15) is 0 Å². The number of hydrogen-bond acceptors (Lipinski definition) is 4. The zero-order chi connectivity index (χ0) is 18.5. The van der Waals surface area contributed by atoms with Crippen LogP contribution in [0.5, 0.6) is 0 Å². The van der Waals surface area contributed by atoms with Crippen molar-refractivity contribution in [2.45, 2.75) is 51.7 Å². The van der Waals surface area contributed by atoms with Crippen molar-refractivity contribution in [1.82, 2.24) is 4.90 Å². The Hall–Kier alpha value is -1.53. The summed E-state index contributed by atoms with van der Waals surface area (Å²) in [6.45, 7) is 11.7. The molecule has 1 saturated carbocycles. The van der Waals surface area contributed by atoms with Crippen LogP contribution in [0.25, 0.3) is 0 Å². The molecule has 1 aromatic rings. The lowest BCUT2D eigenvalue weighted by Gasteiger charge is -2.36. The third-order valence-electron chi connectivity index (χ3n) is 6.28. The molecule has 140 valence electrons. The molecule has 5 nitrogen and oxygen atoms in total. The van der Waals surface area contributed by atoms with Gasteiger partial charge in [-0.25, -0.2) is 0 Å². The number of piperazine rings is 1. The van der Waals surface area contributed by atoms with Gasteiger partial charge in [-0.1, -0.05) is 12.1 Å². The molecule has 1 aliphatic carbocycles. The van der Waals surface area contributed by atoms with Crippen molar-refractivity contribution < 1.29 is 14.1 Å². The molecular formula is C20H29BN2O3. The van der Waals surface area contributed by atoms with E-state index in [0.717, 1.165) is 44.5 Å². The molecule has 0 N–H and O–H groups in total. The van der Waals surface area contributed by atoms with Gasteiger partial charge in [-0.15, -0.1) is 0 Å². The number of carbonyl (C=O) groups excluding carboxylic acids is 1. The monoisotopic (exact) mass is 356 g/mol. The summed E-state index contributed by atoms with van der Waals surface area (Å²) in [5.74, 6) is 0.670. The second-order valence-corrected chi connectivity index (χ2v) is 8.77. The Bertz CT molecular complexity index is 678. The van der Waals surface area contributed by atoms with Crippen LogP contribution >= 0.6 is 0 Å². The molecule has 3 aliphatic rings. The molecule has 2 heterocycles. The maximum atomic E-state index is 12.2. The van der Waals surface area contributed by atoms with Gasteiger partial charge in [-0.05, 0) is 58.1 Å². The van der Waals surface area contributed by atoms with E-state index in [1.165, 1.54) is 5.69 Å². The first kappa shape index (κ1) is 17.9. The first-order valence-corrected chi connectivity index (χ1v) is 9.76. The van der Waals surface area contributed by atoms with E-state index >= 15 is 0 Å². The molecule has 3 fully saturated rings.